The van der Waals surface area contributed by atoms with Gasteiger partial charge in [0, 0.05) is 107 Å². The van der Waals surface area contributed by atoms with Crippen molar-refractivity contribution in [1.29, 1.82) is 0 Å². The molecule has 0 saturated heterocycles. The summed E-state index contributed by atoms with van der Waals surface area (Å²) in [5, 5.41) is 21.7. The number of hydrogen-bond donors (Lipinski definition) is 14. The topological polar surface area (TPSA) is 395 Å². The average Bonchev–Trinajstić information content (AvgIpc) is 1.80. The standard InChI is InChI=1S/2C18H20ClFN4O2.2C18H19ClFN3O3.CH4/c1-11(21)22-7-5-16-13(4-6-23-16)10-24-18(26)17(25)9-12-2-3-14(19)15(20)8-12;1-11(21)22-6-4-13-5-7-23-16(13)10-24-18(26)17(25)9-12-2-3-14(19)15(20)8-12;1-11(21)22-6-4-17-13(5-7-26-17)10-23-18(25)16(24)9-12-2-3-14(19)15(20)8-12;1-11(21)22-6-4-13-5-7-26-17(13)10-23-18(25)16(24)9-12-2-3-14(19)15(20)8-12;/h2-4,6,8,22-23H,1,5,7,9-10,21H2,(H,24,26);2-3,5,7-8,22-23H,1,4,6,9-10,21H2,(H,24,26);2*2-3,5,7-8,22H,1,4,6,9-10,21H2,(H,23,25);1H4. The van der Waals surface area contributed by atoms with Crippen LogP contribution in [0.5, 0.6) is 0 Å². The number of nitrogens with two attached hydrogens (primary N) is 4. The van der Waals surface area contributed by atoms with Crippen LogP contribution in [0.3, 0.4) is 0 Å². The monoisotopic (exact) mass is 1530 g/mol. The summed E-state index contributed by atoms with van der Waals surface area (Å²) in [5.41, 5.74) is 28.5. The van der Waals surface area contributed by atoms with Crippen LogP contribution in [0, 0.1) is 23.3 Å². The highest BCUT2D eigenvalue weighted by Crippen LogP contribution is 2.21. The van der Waals surface area contributed by atoms with Gasteiger partial charge >= 0.3 is 0 Å². The van der Waals surface area contributed by atoms with E-state index in [1.54, 1.807) is 24.5 Å². The molecule has 105 heavy (non-hydrogen) atoms. The number of rotatable bonds is 36. The Kier molecular flexibility index (Phi) is 36.4. The molecule has 4 amide bonds. The number of carbonyl (C=O) groups excluding carboxylic acids is 8. The van der Waals surface area contributed by atoms with Gasteiger partial charge in [-0.05, 0) is 125 Å². The van der Waals surface area contributed by atoms with Crippen molar-refractivity contribution < 1.29 is 64.8 Å². The first kappa shape index (κ1) is 86.2. The summed E-state index contributed by atoms with van der Waals surface area (Å²) in [6.07, 6.45) is 8.23. The van der Waals surface area contributed by atoms with E-state index in [0.29, 0.717) is 109 Å². The highest BCUT2D eigenvalue weighted by atomic mass is 35.5. The molecule has 0 bridgehead atoms. The number of benzene rings is 4. The Bertz CT molecular complexity index is 3820. The van der Waals surface area contributed by atoms with Gasteiger partial charge in [-0.3, -0.25) is 38.4 Å². The summed E-state index contributed by atoms with van der Waals surface area (Å²) in [6.45, 7) is 17.1. The molecule has 0 fully saturated rings. The Morgan fingerprint density at radius 3 is 1.07 bits per heavy atom. The molecule has 0 unspecified atom stereocenters. The number of carbonyl (C=O) groups is 8. The first-order chi connectivity index (χ1) is 49.5. The number of halogens is 8. The van der Waals surface area contributed by atoms with Crippen LogP contribution < -0.4 is 65.5 Å². The van der Waals surface area contributed by atoms with Gasteiger partial charge < -0.3 is 84.3 Å². The summed E-state index contributed by atoms with van der Waals surface area (Å²) >= 11 is 22.4. The number of amides is 4. The molecule has 4 aromatic carbocycles. The van der Waals surface area contributed by atoms with Gasteiger partial charge in [-0.25, -0.2) is 17.6 Å². The number of hydrogen-bond acceptors (Lipinski definition) is 18. The molecule has 0 aliphatic heterocycles. The molecule has 0 atom stereocenters. The summed E-state index contributed by atoms with van der Waals surface area (Å²) in [6, 6.07) is 23.2. The van der Waals surface area contributed by atoms with E-state index in [0.717, 1.165) is 57.9 Å². The van der Waals surface area contributed by atoms with Gasteiger partial charge in [-0.2, -0.15) is 0 Å². The van der Waals surface area contributed by atoms with E-state index in [9.17, 15) is 55.9 Å². The molecule has 4 aromatic heterocycles. The van der Waals surface area contributed by atoms with Crippen molar-refractivity contribution in [3.05, 3.63) is 282 Å². The first-order valence-corrected chi connectivity index (χ1v) is 33.1. The second kappa shape index (κ2) is 44.3. The minimum Gasteiger partial charge on any atom is -0.469 e. The Balaban J connectivity index is 0.000000295. The summed E-state index contributed by atoms with van der Waals surface area (Å²) in [5.74, 6) is -5.40. The lowest BCUT2D eigenvalue weighted by Crippen LogP contribution is -2.32. The molecule has 8 aromatic rings. The predicted octanol–water partition coefficient (Wildman–Crippen LogP) is 8.35. The molecule has 18 N–H and O–H groups in total. The maximum absolute atomic E-state index is 13.4. The number of H-pyrrole nitrogens is 2. The van der Waals surface area contributed by atoms with Crippen LogP contribution in [-0.2, 0) is 116 Å². The van der Waals surface area contributed by atoms with Crippen LogP contribution in [0.1, 0.15) is 74.8 Å². The summed E-state index contributed by atoms with van der Waals surface area (Å²) in [7, 11) is 0. The quantitative estimate of drug-likeness (QED) is 0.0129. The molecule has 0 spiro atoms. The van der Waals surface area contributed by atoms with E-state index in [1.807, 2.05) is 12.1 Å². The molecular formula is C73H82Cl4F4N14O10. The molecule has 0 radical (unpaired) electrons. The molecule has 24 nitrogen and oxygen atoms in total. The predicted molar refractivity (Wildman–Crippen MR) is 394 cm³/mol. The zero-order valence-corrected chi connectivity index (χ0v) is 59.1. The summed E-state index contributed by atoms with van der Waals surface area (Å²) < 4.78 is 64.2. The van der Waals surface area contributed by atoms with Crippen LogP contribution >= 0.6 is 46.4 Å². The van der Waals surface area contributed by atoms with E-state index in [-0.39, 0.29) is 79.4 Å². The van der Waals surface area contributed by atoms with Crippen molar-refractivity contribution in [3.63, 3.8) is 0 Å². The molecule has 32 heteroatoms. The lowest BCUT2D eigenvalue weighted by Gasteiger charge is -2.08. The van der Waals surface area contributed by atoms with Gasteiger partial charge in [0.05, 0.1) is 69.0 Å². The second-order valence-electron chi connectivity index (χ2n) is 22.6. The number of aromatic amines is 2. The van der Waals surface area contributed by atoms with Crippen LogP contribution in [0.4, 0.5) is 17.6 Å². The molecule has 8 rings (SSSR count). The Hall–Kier alpha value is -11.2. The molecule has 560 valence electrons. The number of ketones is 4. The average molecular weight is 1530 g/mol. The maximum atomic E-state index is 13.4. The van der Waals surface area contributed by atoms with Crippen LogP contribution in [-0.4, -0.2) is 82.9 Å². The van der Waals surface area contributed by atoms with E-state index >= 15 is 0 Å². The highest BCUT2D eigenvalue weighted by Gasteiger charge is 2.21. The van der Waals surface area contributed by atoms with Gasteiger partial charge in [-0.15, -0.1) is 0 Å². The number of nitrogens with one attached hydrogen (secondary N) is 10. The minimum atomic E-state index is -0.767. The van der Waals surface area contributed by atoms with E-state index < -0.39 is 70.0 Å². The first-order valence-electron chi connectivity index (χ1n) is 31.6. The Labute approximate surface area is 623 Å². The van der Waals surface area contributed by atoms with Crippen molar-refractivity contribution in [3.8, 4) is 0 Å². The van der Waals surface area contributed by atoms with Crippen LogP contribution in [0.15, 0.2) is 180 Å². The van der Waals surface area contributed by atoms with E-state index in [1.165, 1.54) is 61.1 Å². The van der Waals surface area contributed by atoms with E-state index in [4.69, 9.17) is 78.2 Å². The lowest BCUT2D eigenvalue weighted by atomic mass is 10.1. The SMILES string of the molecule is C.C=C(N)NCCc1[nH]ccc1CNC(=O)C(=O)Cc1ccc(Cl)c(F)c1.C=C(N)NCCc1cc[nH]c1CNC(=O)C(=O)Cc1ccc(Cl)c(F)c1.C=C(N)NCCc1ccoc1CNC(=O)C(=O)Cc1ccc(Cl)c(F)c1.C=C(N)NCCc1occc1CNC(=O)C(=O)Cc1ccc(Cl)c(F)c1. The fourth-order valence-electron chi connectivity index (χ4n) is 9.29. The largest absolute Gasteiger partial charge is 0.469 e. The van der Waals surface area contributed by atoms with Crippen LogP contribution in [0.25, 0.3) is 0 Å². The van der Waals surface area contributed by atoms with Gasteiger partial charge in [0.2, 0.25) is 23.1 Å². The van der Waals surface area contributed by atoms with Gasteiger partial charge in [0.15, 0.2) is 0 Å². The second-order valence-corrected chi connectivity index (χ2v) is 24.3. The number of furan rings is 2. The summed E-state index contributed by atoms with van der Waals surface area (Å²) in [4.78, 5) is 102. The maximum Gasteiger partial charge on any atom is 0.288 e. The van der Waals surface area contributed by atoms with E-state index in [2.05, 4.69) is 78.8 Å². The molecule has 4 heterocycles. The Morgan fingerprint density at radius 1 is 0.362 bits per heavy atom. The molecule has 0 aliphatic carbocycles. The highest BCUT2D eigenvalue weighted by molar-refractivity contribution is 6.38. The Morgan fingerprint density at radius 2 is 0.676 bits per heavy atom. The number of Topliss-reactive ketones (excluding diaryl/α,β-unsaturated/α-hetero) is 4. The minimum absolute atomic E-state index is 0. The fourth-order valence-corrected chi connectivity index (χ4v) is 9.76. The van der Waals surface area contributed by atoms with Gasteiger partial charge in [0.25, 0.3) is 23.6 Å². The number of aromatic nitrogens is 2. The third-order valence-electron chi connectivity index (χ3n) is 14.6. The van der Waals surface area contributed by atoms with Gasteiger partial charge in [-0.1, -0.05) is 104 Å². The third-order valence-corrected chi connectivity index (χ3v) is 15.8. The zero-order valence-electron chi connectivity index (χ0n) is 56.1. The van der Waals surface area contributed by atoms with Crippen LogP contribution in [0.2, 0.25) is 20.1 Å². The lowest BCUT2D eigenvalue weighted by molar-refractivity contribution is -0.137. The zero-order chi connectivity index (χ0) is 76.4. The third kappa shape index (κ3) is 31.1. The van der Waals surface area contributed by atoms with Gasteiger partial charge in [0.1, 0.15) is 34.8 Å². The van der Waals surface area contributed by atoms with Crippen molar-refractivity contribution in [2.45, 2.75) is 85.0 Å². The molecule has 0 aliphatic rings. The van der Waals surface area contributed by atoms with Crippen molar-refractivity contribution in [1.82, 2.24) is 52.5 Å². The molecule has 0 saturated carbocycles. The normalized spacial score (nSPS) is 10.3. The van der Waals surface area contributed by atoms with Crippen molar-refractivity contribution >= 4 is 93.2 Å². The van der Waals surface area contributed by atoms with Crippen molar-refractivity contribution in [2.24, 2.45) is 22.9 Å². The smallest absolute Gasteiger partial charge is 0.288 e. The molecular weight excluding hydrogens is 1450 g/mol. The fraction of sp³-hybridized carbons (Fsp3) is 0.233. The van der Waals surface area contributed by atoms with Crippen molar-refractivity contribution in [2.75, 3.05) is 26.2 Å².